The topological polar surface area (TPSA) is 50.2 Å². The normalized spacial score (nSPS) is 22.3. The largest absolute Gasteiger partial charge is 0.369 e. The molecule has 1 N–H and O–H groups in total. The predicted octanol–water partition coefficient (Wildman–Crippen LogP) is 2.29. The van der Waals surface area contributed by atoms with E-state index in [2.05, 4.69) is 45.2 Å². The predicted molar refractivity (Wildman–Crippen MR) is 89.9 cm³/mol. The summed E-state index contributed by atoms with van der Waals surface area (Å²) < 4.78 is 1.96. The van der Waals surface area contributed by atoms with E-state index in [0.717, 1.165) is 25.1 Å². The van der Waals surface area contributed by atoms with E-state index >= 15 is 0 Å². The van der Waals surface area contributed by atoms with E-state index in [1.807, 2.05) is 0 Å². The molecule has 1 heterocycles. The summed E-state index contributed by atoms with van der Waals surface area (Å²) in [6.07, 6.45) is 7.66. The van der Waals surface area contributed by atoms with Crippen LogP contribution in [-0.4, -0.2) is 35.5 Å². The zero-order chi connectivity index (χ0) is 15.4. The molecule has 0 atom stereocenters. The van der Waals surface area contributed by atoms with E-state index in [4.69, 9.17) is 0 Å². The average Bonchev–Trinajstić information content (AvgIpc) is 2.51. The highest BCUT2D eigenvalue weighted by molar-refractivity contribution is 9.10. The van der Waals surface area contributed by atoms with Crippen LogP contribution >= 0.6 is 15.9 Å². The lowest BCUT2D eigenvalue weighted by atomic mass is 9.90. The summed E-state index contributed by atoms with van der Waals surface area (Å²) in [5, 5.41) is 7.74. The zero-order valence-corrected chi connectivity index (χ0v) is 14.7. The molecule has 21 heavy (non-hydrogen) atoms. The molecule has 0 spiro atoms. The summed E-state index contributed by atoms with van der Waals surface area (Å²) in [5.41, 5.74) is 0.806. The van der Waals surface area contributed by atoms with Gasteiger partial charge in [-0.2, -0.15) is 5.10 Å². The van der Waals surface area contributed by atoms with E-state index in [9.17, 15) is 4.79 Å². The quantitative estimate of drug-likeness (QED) is 0.879. The van der Waals surface area contributed by atoms with Crippen molar-refractivity contribution in [3.8, 4) is 0 Å². The van der Waals surface area contributed by atoms with E-state index in [1.165, 1.54) is 23.9 Å². The van der Waals surface area contributed by atoms with Crippen LogP contribution in [0.4, 0.5) is 5.69 Å². The van der Waals surface area contributed by atoms with Gasteiger partial charge in [0, 0.05) is 26.2 Å². The first kappa shape index (κ1) is 16.5. The number of aromatic nitrogens is 2. The second-order valence-electron chi connectivity index (χ2n) is 5.84. The third-order valence-corrected chi connectivity index (χ3v) is 5.11. The summed E-state index contributed by atoms with van der Waals surface area (Å²) in [5.74, 6) is 0. The van der Waals surface area contributed by atoms with Crippen LogP contribution in [0.15, 0.2) is 15.5 Å². The molecule has 1 aromatic heterocycles. The van der Waals surface area contributed by atoms with Crippen molar-refractivity contribution in [2.75, 3.05) is 18.5 Å². The maximum atomic E-state index is 12.0. The average molecular weight is 357 g/mol. The van der Waals surface area contributed by atoms with Gasteiger partial charge in [0.1, 0.15) is 4.47 Å². The van der Waals surface area contributed by atoms with Crippen molar-refractivity contribution < 1.29 is 0 Å². The Balaban J connectivity index is 2.01. The molecule has 118 valence electrons. The highest BCUT2D eigenvalue weighted by atomic mass is 79.9. The van der Waals surface area contributed by atoms with Gasteiger partial charge in [0.15, 0.2) is 0 Å². The number of rotatable bonds is 5. The first-order chi connectivity index (χ1) is 10.0. The molecule has 0 aromatic carbocycles. The lowest BCUT2D eigenvalue weighted by Gasteiger charge is -2.36. The Morgan fingerprint density at radius 3 is 2.71 bits per heavy atom. The van der Waals surface area contributed by atoms with Crippen LogP contribution in [0.25, 0.3) is 0 Å². The van der Waals surface area contributed by atoms with Crippen molar-refractivity contribution in [2.24, 2.45) is 7.05 Å². The molecule has 0 bridgehead atoms. The highest BCUT2D eigenvalue weighted by Crippen LogP contribution is 2.29. The number of halogens is 1. The molecule has 0 aliphatic heterocycles. The van der Waals surface area contributed by atoms with Crippen molar-refractivity contribution in [1.29, 1.82) is 0 Å². The van der Waals surface area contributed by atoms with Crippen molar-refractivity contribution in [1.82, 2.24) is 15.1 Å². The lowest BCUT2D eigenvalue weighted by Crippen LogP contribution is -2.41. The van der Waals surface area contributed by atoms with Gasteiger partial charge >= 0.3 is 0 Å². The van der Waals surface area contributed by atoms with Crippen LogP contribution in [0.3, 0.4) is 0 Å². The number of nitrogens with one attached hydrogen (secondary N) is 1. The third-order valence-electron chi connectivity index (χ3n) is 4.37. The first-order valence-corrected chi connectivity index (χ1v) is 8.52. The monoisotopic (exact) mass is 356 g/mol. The third kappa shape index (κ3) is 3.86. The molecule has 0 amide bonds. The number of hydrogen-bond acceptors (Lipinski definition) is 4. The molecular formula is C15H25BrN4O. The SMILES string of the molecule is CCCNC1CCC(N(C)c2cnn(C)c(=O)c2Br)CC1. The van der Waals surface area contributed by atoms with Crippen molar-refractivity contribution in [3.63, 3.8) is 0 Å². The Bertz CT molecular complexity index is 523. The van der Waals surface area contributed by atoms with Gasteiger partial charge < -0.3 is 10.2 Å². The summed E-state index contributed by atoms with van der Waals surface area (Å²) >= 11 is 3.42. The molecule has 6 heteroatoms. The molecular weight excluding hydrogens is 332 g/mol. The van der Waals surface area contributed by atoms with E-state index in [1.54, 1.807) is 13.2 Å². The minimum absolute atomic E-state index is 0.0855. The van der Waals surface area contributed by atoms with Gasteiger partial charge in [0.25, 0.3) is 5.56 Å². The van der Waals surface area contributed by atoms with Crippen LogP contribution < -0.4 is 15.8 Å². The summed E-state index contributed by atoms with van der Waals surface area (Å²) in [7, 11) is 3.73. The summed E-state index contributed by atoms with van der Waals surface area (Å²) in [4.78, 5) is 14.2. The van der Waals surface area contributed by atoms with Crippen molar-refractivity contribution >= 4 is 21.6 Å². The molecule has 1 fully saturated rings. The van der Waals surface area contributed by atoms with E-state index < -0.39 is 0 Å². The van der Waals surface area contributed by atoms with Crippen LogP contribution in [0, 0.1) is 0 Å². The molecule has 1 saturated carbocycles. The second-order valence-corrected chi connectivity index (χ2v) is 6.64. The van der Waals surface area contributed by atoms with E-state index in [0.29, 0.717) is 16.6 Å². The van der Waals surface area contributed by atoms with Gasteiger partial charge in [-0.1, -0.05) is 6.92 Å². The number of aryl methyl sites for hydroxylation is 1. The molecule has 1 aromatic rings. The van der Waals surface area contributed by atoms with Crippen LogP contribution in [0.5, 0.6) is 0 Å². The summed E-state index contributed by atoms with van der Waals surface area (Å²) in [6, 6.07) is 1.13. The Hall–Kier alpha value is -0.880. The number of anilines is 1. The van der Waals surface area contributed by atoms with Crippen LogP contribution in [0.1, 0.15) is 39.0 Å². The van der Waals surface area contributed by atoms with Crippen molar-refractivity contribution in [2.45, 2.75) is 51.1 Å². The van der Waals surface area contributed by atoms with Crippen molar-refractivity contribution in [3.05, 3.63) is 21.0 Å². The maximum Gasteiger partial charge on any atom is 0.282 e. The Kier molecular flexibility index (Phi) is 5.81. The van der Waals surface area contributed by atoms with Gasteiger partial charge in [-0.05, 0) is 54.6 Å². The van der Waals surface area contributed by atoms with Crippen LogP contribution in [0.2, 0.25) is 0 Å². The molecule has 1 aliphatic rings. The fourth-order valence-corrected chi connectivity index (χ4v) is 3.60. The molecule has 0 unspecified atom stereocenters. The van der Waals surface area contributed by atoms with Gasteiger partial charge in [0.05, 0.1) is 11.9 Å². The minimum atomic E-state index is -0.0855. The van der Waals surface area contributed by atoms with Crippen LogP contribution in [-0.2, 0) is 7.05 Å². The van der Waals surface area contributed by atoms with E-state index in [-0.39, 0.29) is 5.56 Å². The zero-order valence-electron chi connectivity index (χ0n) is 13.1. The Labute approximate surface area is 134 Å². The Morgan fingerprint density at radius 2 is 2.10 bits per heavy atom. The molecule has 0 saturated heterocycles. The van der Waals surface area contributed by atoms with Gasteiger partial charge in [-0.15, -0.1) is 0 Å². The molecule has 1 aliphatic carbocycles. The van der Waals surface area contributed by atoms with Gasteiger partial charge in [0.2, 0.25) is 0 Å². The highest BCUT2D eigenvalue weighted by Gasteiger charge is 2.25. The molecule has 0 radical (unpaired) electrons. The number of hydrogen-bond donors (Lipinski definition) is 1. The minimum Gasteiger partial charge on any atom is -0.369 e. The fourth-order valence-electron chi connectivity index (χ4n) is 2.96. The Morgan fingerprint density at radius 1 is 1.43 bits per heavy atom. The standard InChI is InChI=1S/C15H25BrN4O/c1-4-9-17-11-5-7-12(8-6-11)19(2)13-10-18-20(3)15(21)14(13)16/h10-12,17H,4-9H2,1-3H3. The first-order valence-electron chi connectivity index (χ1n) is 7.72. The number of nitrogens with zero attached hydrogens (tertiary/aromatic N) is 3. The smallest absolute Gasteiger partial charge is 0.282 e. The van der Waals surface area contributed by atoms with Gasteiger partial charge in [-0.25, -0.2) is 4.68 Å². The second kappa shape index (κ2) is 7.40. The molecule has 5 nitrogen and oxygen atoms in total. The summed E-state index contributed by atoms with van der Waals surface area (Å²) in [6.45, 7) is 3.31. The molecule has 2 rings (SSSR count). The fraction of sp³-hybridized carbons (Fsp3) is 0.733. The maximum absolute atomic E-state index is 12.0. The van der Waals surface area contributed by atoms with Gasteiger partial charge in [-0.3, -0.25) is 4.79 Å². The lowest BCUT2D eigenvalue weighted by molar-refractivity contribution is 0.337.